The van der Waals surface area contributed by atoms with Crippen LogP contribution in [-0.4, -0.2) is 29.3 Å². The average molecular weight is 452 g/mol. The van der Waals surface area contributed by atoms with Crippen LogP contribution in [0.1, 0.15) is 37.0 Å². The molecule has 2 aromatic rings. The predicted molar refractivity (Wildman–Crippen MR) is 133 cm³/mol. The van der Waals surface area contributed by atoms with Crippen LogP contribution in [-0.2, 0) is 20.7 Å². The fourth-order valence-electron chi connectivity index (χ4n) is 3.20. The molecule has 0 saturated heterocycles. The molecule has 0 radical (unpaired) electrons. The van der Waals surface area contributed by atoms with Crippen molar-refractivity contribution in [3.8, 4) is 0 Å². The van der Waals surface area contributed by atoms with Gasteiger partial charge in [-0.15, -0.1) is 0 Å². The van der Waals surface area contributed by atoms with Gasteiger partial charge in [-0.25, -0.2) is 4.99 Å². The number of aliphatic imine (C=N–C) groups is 1. The van der Waals surface area contributed by atoms with Gasteiger partial charge >= 0.3 is 5.97 Å². The van der Waals surface area contributed by atoms with Crippen molar-refractivity contribution >= 4 is 45.7 Å². The largest absolute Gasteiger partial charge is 0.466 e. The van der Waals surface area contributed by atoms with Crippen LogP contribution in [0.2, 0.25) is 0 Å². The van der Waals surface area contributed by atoms with Gasteiger partial charge in [0.15, 0.2) is 0 Å². The third-order valence-electron chi connectivity index (χ3n) is 5.07. The normalized spacial score (nSPS) is 12.6. The summed E-state index contributed by atoms with van der Waals surface area (Å²) >= 11 is 1.33. The molecule has 2 N–H and O–H groups in total. The Morgan fingerprint density at radius 3 is 2.50 bits per heavy atom. The third-order valence-corrected chi connectivity index (χ3v) is 5.98. The van der Waals surface area contributed by atoms with Gasteiger partial charge in [-0.2, -0.15) is 0 Å². The summed E-state index contributed by atoms with van der Waals surface area (Å²) in [5.74, 6) is -0.214. The van der Waals surface area contributed by atoms with Crippen molar-refractivity contribution in [1.29, 1.82) is 0 Å². The van der Waals surface area contributed by atoms with Gasteiger partial charge in [-0.1, -0.05) is 30.8 Å². The second-order valence-electron chi connectivity index (χ2n) is 7.57. The zero-order valence-electron chi connectivity index (χ0n) is 19.0. The van der Waals surface area contributed by atoms with Crippen molar-refractivity contribution in [2.45, 2.75) is 40.5 Å². The van der Waals surface area contributed by atoms with E-state index >= 15 is 0 Å². The smallest absolute Gasteiger partial charge is 0.311 e. The number of ether oxygens (including phenoxy) is 1. The molecule has 1 amide bonds. The number of hydrogen-bond acceptors (Lipinski definition) is 6. The number of esters is 1. The van der Waals surface area contributed by atoms with Gasteiger partial charge in [0.05, 0.1) is 35.2 Å². The number of aryl methyl sites for hydroxylation is 3. The molecule has 0 saturated carbocycles. The Morgan fingerprint density at radius 2 is 1.81 bits per heavy atom. The van der Waals surface area contributed by atoms with Crippen molar-refractivity contribution < 1.29 is 14.3 Å². The van der Waals surface area contributed by atoms with Crippen LogP contribution in [0.3, 0.4) is 0 Å². The molecule has 32 heavy (non-hydrogen) atoms. The number of hydrogen-bond donors (Lipinski definition) is 2. The van der Waals surface area contributed by atoms with Crippen molar-refractivity contribution in [2.24, 2.45) is 4.99 Å². The summed E-state index contributed by atoms with van der Waals surface area (Å²) in [7, 11) is 0. The maximum absolute atomic E-state index is 12.5. The van der Waals surface area contributed by atoms with Gasteiger partial charge < -0.3 is 15.4 Å². The molecule has 1 heterocycles. The Bertz CT molecular complexity index is 1060. The summed E-state index contributed by atoms with van der Waals surface area (Å²) in [4.78, 5) is 29.3. The number of fused-ring (bicyclic) bond motifs is 1. The van der Waals surface area contributed by atoms with E-state index in [4.69, 9.17) is 9.73 Å². The summed E-state index contributed by atoms with van der Waals surface area (Å²) in [5.41, 5.74) is 6.55. The molecular weight excluding hydrogens is 422 g/mol. The van der Waals surface area contributed by atoms with Crippen molar-refractivity contribution in [2.75, 3.05) is 23.0 Å². The number of anilines is 2. The topological polar surface area (TPSA) is 79.8 Å². The Morgan fingerprint density at radius 1 is 1.09 bits per heavy atom. The Kier molecular flexibility index (Phi) is 8.11. The van der Waals surface area contributed by atoms with E-state index in [2.05, 4.69) is 17.6 Å². The minimum Gasteiger partial charge on any atom is -0.466 e. The summed E-state index contributed by atoms with van der Waals surface area (Å²) in [6.45, 7) is 8.28. The number of rotatable bonds is 7. The van der Waals surface area contributed by atoms with E-state index in [-0.39, 0.29) is 24.1 Å². The molecule has 1 aliphatic rings. The number of carbonyl (C=O) groups excluding carboxylic acids is 2. The number of carbonyl (C=O) groups is 2. The Balaban J connectivity index is 1.75. The number of nitrogens with zero attached hydrogens (tertiary/aromatic N) is 1. The lowest BCUT2D eigenvalue weighted by Crippen LogP contribution is -2.15. The van der Waals surface area contributed by atoms with Crippen LogP contribution in [0.25, 0.3) is 0 Å². The number of benzene rings is 2. The highest BCUT2D eigenvalue weighted by atomic mass is 32.2. The predicted octanol–water partition coefficient (Wildman–Crippen LogP) is 5.53. The minimum absolute atomic E-state index is 0.107. The van der Waals surface area contributed by atoms with Gasteiger partial charge in [0.1, 0.15) is 0 Å². The van der Waals surface area contributed by atoms with E-state index in [1.54, 1.807) is 6.92 Å². The highest BCUT2D eigenvalue weighted by molar-refractivity contribution is 8.14. The summed E-state index contributed by atoms with van der Waals surface area (Å²) < 4.78 is 5.10. The van der Waals surface area contributed by atoms with Crippen molar-refractivity contribution in [1.82, 2.24) is 0 Å². The maximum atomic E-state index is 12.5. The van der Waals surface area contributed by atoms with E-state index in [0.29, 0.717) is 17.3 Å². The highest BCUT2D eigenvalue weighted by Gasteiger charge is 2.17. The Hall–Kier alpha value is -3.06. The zero-order valence-corrected chi connectivity index (χ0v) is 19.8. The fourth-order valence-corrected chi connectivity index (χ4v) is 3.94. The van der Waals surface area contributed by atoms with Gasteiger partial charge in [-0.3, -0.25) is 9.59 Å². The van der Waals surface area contributed by atoms with E-state index in [1.165, 1.54) is 17.3 Å². The lowest BCUT2D eigenvalue weighted by Gasteiger charge is -2.12. The van der Waals surface area contributed by atoms with Crippen LogP contribution >= 0.6 is 11.8 Å². The summed E-state index contributed by atoms with van der Waals surface area (Å²) in [5, 5.41) is 6.90. The van der Waals surface area contributed by atoms with E-state index in [0.717, 1.165) is 34.6 Å². The minimum atomic E-state index is -0.309. The highest BCUT2D eigenvalue weighted by Crippen LogP contribution is 2.33. The molecule has 0 aliphatic carbocycles. The molecule has 0 fully saturated rings. The third kappa shape index (κ3) is 6.47. The maximum Gasteiger partial charge on any atom is 0.311 e. The summed E-state index contributed by atoms with van der Waals surface area (Å²) in [6, 6.07) is 11.9. The monoisotopic (exact) mass is 451 g/mol. The molecule has 6 nitrogen and oxygen atoms in total. The van der Waals surface area contributed by atoms with Crippen LogP contribution in [0.15, 0.2) is 53.2 Å². The van der Waals surface area contributed by atoms with Crippen molar-refractivity contribution in [3.63, 3.8) is 0 Å². The standard InChI is InChI=1S/C25H29N3O3S/c1-5-18-7-9-19(10-8-18)27-23(29)15-32-24-13-20(14-25(30)31-6-2)26-21-11-16(3)17(4)12-22(21)28-24/h7-13,26H,5-6,14-15H2,1-4H3,(H,27,29). The van der Waals surface area contributed by atoms with Gasteiger partial charge in [0.2, 0.25) is 5.91 Å². The second kappa shape index (κ2) is 11.0. The van der Waals surface area contributed by atoms with Gasteiger partial charge in [0.25, 0.3) is 0 Å². The lowest BCUT2D eigenvalue weighted by atomic mass is 10.1. The molecule has 3 rings (SSSR count). The molecule has 0 aromatic heterocycles. The first-order valence-electron chi connectivity index (χ1n) is 10.7. The quantitative estimate of drug-likeness (QED) is 0.541. The number of nitrogens with one attached hydrogen (secondary N) is 2. The van der Waals surface area contributed by atoms with Gasteiger partial charge in [0, 0.05) is 11.4 Å². The molecular formula is C25H29N3O3S. The average Bonchev–Trinajstić information content (AvgIpc) is 2.91. The molecule has 168 valence electrons. The summed E-state index contributed by atoms with van der Waals surface area (Å²) in [6.07, 6.45) is 2.88. The fraction of sp³-hybridized carbons (Fsp3) is 0.320. The second-order valence-corrected chi connectivity index (χ2v) is 8.56. The first-order chi connectivity index (χ1) is 15.4. The molecule has 0 unspecified atom stereocenters. The van der Waals surface area contributed by atoms with Crippen molar-refractivity contribution in [3.05, 3.63) is 64.9 Å². The molecule has 2 aromatic carbocycles. The van der Waals surface area contributed by atoms with E-state index in [1.807, 2.05) is 56.3 Å². The van der Waals surface area contributed by atoms with Gasteiger partial charge in [-0.05, 0) is 74.2 Å². The van der Waals surface area contributed by atoms with E-state index in [9.17, 15) is 9.59 Å². The van der Waals surface area contributed by atoms with Crippen LogP contribution in [0.4, 0.5) is 17.1 Å². The van der Waals surface area contributed by atoms with Crippen LogP contribution < -0.4 is 10.6 Å². The van der Waals surface area contributed by atoms with E-state index < -0.39 is 0 Å². The lowest BCUT2D eigenvalue weighted by molar-refractivity contribution is -0.142. The molecule has 0 bridgehead atoms. The SMILES string of the molecule is CCOC(=O)CC1=CC(SCC(=O)Nc2ccc(CC)cc2)=Nc2cc(C)c(C)cc2N1. The number of amides is 1. The molecule has 1 aliphatic heterocycles. The first kappa shape index (κ1) is 23.6. The Labute approximate surface area is 193 Å². The molecule has 0 atom stereocenters. The molecule has 0 spiro atoms. The first-order valence-corrected chi connectivity index (χ1v) is 11.7. The zero-order chi connectivity index (χ0) is 23.1. The van der Waals surface area contributed by atoms with Crippen LogP contribution in [0.5, 0.6) is 0 Å². The molecule has 7 heteroatoms. The number of thioether (sulfide) groups is 1. The van der Waals surface area contributed by atoms with Crippen LogP contribution in [0, 0.1) is 13.8 Å².